The topological polar surface area (TPSA) is 34.1 Å². The summed E-state index contributed by atoms with van der Waals surface area (Å²) in [4.78, 5) is 4.36. The number of hydrogen-bond donors (Lipinski definition) is 1. The van der Waals surface area contributed by atoms with Crippen molar-refractivity contribution < 1.29 is 4.74 Å². The minimum absolute atomic E-state index is 0.426. The molecule has 0 aromatic carbocycles. The number of aryl methyl sites for hydroxylation is 2. The molecule has 1 N–H and O–H groups in total. The lowest BCUT2D eigenvalue weighted by Gasteiger charge is -2.23. The Morgan fingerprint density at radius 1 is 1.25 bits per heavy atom. The van der Waals surface area contributed by atoms with Gasteiger partial charge in [-0.15, -0.1) is 0 Å². The van der Waals surface area contributed by atoms with Gasteiger partial charge < -0.3 is 10.1 Å². The van der Waals surface area contributed by atoms with Crippen molar-refractivity contribution in [2.24, 2.45) is 0 Å². The van der Waals surface area contributed by atoms with Crippen LogP contribution in [-0.4, -0.2) is 24.2 Å². The highest BCUT2D eigenvalue weighted by molar-refractivity contribution is 5.19. The van der Waals surface area contributed by atoms with Crippen LogP contribution in [0.15, 0.2) is 12.1 Å². The third-order valence-electron chi connectivity index (χ3n) is 2.91. The van der Waals surface area contributed by atoms with Crippen molar-refractivity contribution in [1.82, 2.24) is 10.3 Å². The summed E-state index contributed by atoms with van der Waals surface area (Å²) >= 11 is 0. The Labute approximate surface area is 97.2 Å². The molecule has 0 radical (unpaired) electrons. The zero-order chi connectivity index (χ0) is 11.4. The monoisotopic (exact) mass is 220 g/mol. The van der Waals surface area contributed by atoms with Crippen LogP contribution in [0.1, 0.15) is 29.8 Å². The summed E-state index contributed by atoms with van der Waals surface area (Å²) < 4.78 is 5.91. The molecule has 2 heterocycles. The standard InChI is InChI=1S/C13H20N2O/c1-10-7-12(8-11(2)15-10)9-16-13-3-5-14-6-4-13/h7-8,13-14H,3-6,9H2,1-2H3. The van der Waals surface area contributed by atoms with Gasteiger partial charge >= 0.3 is 0 Å². The van der Waals surface area contributed by atoms with Crippen LogP contribution in [-0.2, 0) is 11.3 Å². The first-order chi connectivity index (χ1) is 7.74. The smallest absolute Gasteiger partial charge is 0.0721 e. The summed E-state index contributed by atoms with van der Waals surface area (Å²) in [5, 5.41) is 3.34. The zero-order valence-electron chi connectivity index (χ0n) is 10.1. The van der Waals surface area contributed by atoms with Gasteiger partial charge in [0.05, 0.1) is 12.7 Å². The lowest BCUT2D eigenvalue weighted by Crippen LogP contribution is -2.32. The second-order valence-corrected chi connectivity index (χ2v) is 4.52. The predicted octanol–water partition coefficient (Wildman–Crippen LogP) is 1.97. The first-order valence-electron chi connectivity index (χ1n) is 6.00. The molecule has 0 atom stereocenters. The number of aromatic nitrogens is 1. The molecule has 2 rings (SSSR count). The minimum Gasteiger partial charge on any atom is -0.373 e. The minimum atomic E-state index is 0.426. The largest absolute Gasteiger partial charge is 0.373 e. The molecule has 16 heavy (non-hydrogen) atoms. The molecule has 3 heteroatoms. The summed E-state index contributed by atoms with van der Waals surface area (Å²) in [6.45, 7) is 6.94. The van der Waals surface area contributed by atoms with Crippen molar-refractivity contribution in [2.75, 3.05) is 13.1 Å². The summed E-state index contributed by atoms with van der Waals surface area (Å²) in [5.74, 6) is 0. The molecule has 3 nitrogen and oxygen atoms in total. The van der Waals surface area contributed by atoms with E-state index in [2.05, 4.69) is 22.4 Å². The highest BCUT2D eigenvalue weighted by Crippen LogP contribution is 2.12. The maximum Gasteiger partial charge on any atom is 0.0721 e. The van der Waals surface area contributed by atoms with E-state index in [1.165, 1.54) is 5.56 Å². The highest BCUT2D eigenvalue weighted by Gasteiger charge is 2.13. The SMILES string of the molecule is Cc1cc(COC2CCNCC2)cc(C)n1. The zero-order valence-corrected chi connectivity index (χ0v) is 10.1. The molecule has 0 saturated carbocycles. The Bertz CT molecular complexity index is 326. The summed E-state index contributed by atoms with van der Waals surface area (Å²) in [6, 6.07) is 4.21. The Morgan fingerprint density at radius 3 is 2.50 bits per heavy atom. The van der Waals surface area contributed by atoms with Crippen molar-refractivity contribution in [2.45, 2.75) is 39.4 Å². The average Bonchev–Trinajstić information content (AvgIpc) is 2.27. The van der Waals surface area contributed by atoms with Gasteiger partial charge in [-0.2, -0.15) is 0 Å². The van der Waals surface area contributed by atoms with Gasteiger partial charge in [0.15, 0.2) is 0 Å². The molecule has 1 aromatic rings. The molecule has 1 aliphatic rings. The van der Waals surface area contributed by atoms with E-state index in [1.807, 2.05) is 13.8 Å². The van der Waals surface area contributed by atoms with E-state index in [4.69, 9.17) is 4.74 Å². The van der Waals surface area contributed by atoms with E-state index in [0.29, 0.717) is 6.10 Å². The van der Waals surface area contributed by atoms with Crippen LogP contribution < -0.4 is 5.32 Å². The van der Waals surface area contributed by atoms with Gasteiger partial charge in [-0.05, 0) is 57.5 Å². The van der Waals surface area contributed by atoms with Crippen molar-refractivity contribution in [3.05, 3.63) is 29.1 Å². The lowest BCUT2D eigenvalue weighted by atomic mass is 10.1. The normalized spacial score (nSPS) is 17.6. The van der Waals surface area contributed by atoms with Gasteiger partial charge in [0.25, 0.3) is 0 Å². The maximum atomic E-state index is 5.91. The number of hydrogen-bond acceptors (Lipinski definition) is 3. The van der Waals surface area contributed by atoms with Crippen LogP contribution >= 0.6 is 0 Å². The fourth-order valence-electron chi connectivity index (χ4n) is 2.18. The van der Waals surface area contributed by atoms with Crippen molar-refractivity contribution in [3.63, 3.8) is 0 Å². The van der Waals surface area contributed by atoms with E-state index in [1.54, 1.807) is 0 Å². The molecule has 0 amide bonds. The molecular weight excluding hydrogens is 200 g/mol. The number of piperidine rings is 1. The first-order valence-corrected chi connectivity index (χ1v) is 6.00. The second-order valence-electron chi connectivity index (χ2n) is 4.52. The molecule has 0 spiro atoms. The van der Waals surface area contributed by atoms with Crippen molar-refractivity contribution in [1.29, 1.82) is 0 Å². The van der Waals surface area contributed by atoms with E-state index in [9.17, 15) is 0 Å². The predicted molar refractivity (Wildman–Crippen MR) is 64.4 cm³/mol. The first kappa shape index (κ1) is 11.6. The number of nitrogens with zero attached hydrogens (tertiary/aromatic N) is 1. The van der Waals surface area contributed by atoms with E-state index < -0.39 is 0 Å². The molecule has 0 aliphatic carbocycles. The van der Waals surface area contributed by atoms with Crippen molar-refractivity contribution in [3.8, 4) is 0 Å². The van der Waals surface area contributed by atoms with Gasteiger partial charge in [-0.3, -0.25) is 4.98 Å². The molecular formula is C13H20N2O. The molecule has 0 unspecified atom stereocenters. The van der Waals surface area contributed by atoms with Crippen molar-refractivity contribution >= 4 is 0 Å². The number of rotatable bonds is 3. The highest BCUT2D eigenvalue weighted by atomic mass is 16.5. The lowest BCUT2D eigenvalue weighted by molar-refractivity contribution is 0.0211. The van der Waals surface area contributed by atoms with Gasteiger partial charge in [-0.25, -0.2) is 0 Å². The van der Waals surface area contributed by atoms with Crippen LogP contribution in [0.3, 0.4) is 0 Å². The van der Waals surface area contributed by atoms with E-state index in [0.717, 1.165) is 43.9 Å². The van der Waals surface area contributed by atoms with Gasteiger partial charge in [0, 0.05) is 11.4 Å². The second kappa shape index (κ2) is 5.41. The average molecular weight is 220 g/mol. The van der Waals surface area contributed by atoms with Crippen LogP contribution in [0, 0.1) is 13.8 Å². The summed E-state index contributed by atoms with van der Waals surface area (Å²) in [7, 11) is 0. The Kier molecular flexibility index (Phi) is 3.91. The molecule has 1 aromatic heterocycles. The third kappa shape index (κ3) is 3.29. The van der Waals surface area contributed by atoms with Gasteiger partial charge in [0.2, 0.25) is 0 Å². The molecule has 1 aliphatic heterocycles. The number of nitrogens with one attached hydrogen (secondary N) is 1. The Balaban J connectivity index is 1.88. The number of ether oxygens (including phenoxy) is 1. The van der Waals surface area contributed by atoms with Gasteiger partial charge in [-0.1, -0.05) is 0 Å². The van der Waals surface area contributed by atoms with Crippen LogP contribution in [0.4, 0.5) is 0 Å². The molecule has 0 bridgehead atoms. The Hall–Kier alpha value is -0.930. The quantitative estimate of drug-likeness (QED) is 0.845. The fraction of sp³-hybridized carbons (Fsp3) is 0.615. The van der Waals surface area contributed by atoms with E-state index >= 15 is 0 Å². The van der Waals surface area contributed by atoms with Gasteiger partial charge in [0.1, 0.15) is 0 Å². The molecule has 1 fully saturated rings. The third-order valence-corrected chi connectivity index (χ3v) is 2.91. The maximum absolute atomic E-state index is 5.91. The van der Waals surface area contributed by atoms with Crippen LogP contribution in [0.25, 0.3) is 0 Å². The molecule has 88 valence electrons. The fourth-order valence-corrected chi connectivity index (χ4v) is 2.18. The van der Waals surface area contributed by atoms with E-state index in [-0.39, 0.29) is 0 Å². The van der Waals surface area contributed by atoms with Crippen LogP contribution in [0.2, 0.25) is 0 Å². The summed E-state index contributed by atoms with van der Waals surface area (Å²) in [6.07, 6.45) is 2.68. The number of pyridine rings is 1. The summed E-state index contributed by atoms with van der Waals surface area (Å²) in [5.41, 5.74) is 3.39. The molecule has 1 saturated heterocycles. The Morgan fingerprint density at radius 2 is 1.88 bits per heavy atom. The van der Waals surface area contributed by atoms with Crippen LogP contribution in [0.5, 0.6) is 0 Å².